The Kier molecular flexibility index (Phi) is 5.54. The first-order valence-electron chi connectivity index (χ1n) is 9.24. The average Bonchev–Trinajstić information content (AvgIpc) is 2.59. The minimum atomic E-state index is -0.149. The van der Waals surface area contributed by atoms with Gasteiger partial charge in [-0.3, -0.25) is 4.79 Å². The zero-order valence-corrected chi connectivity index (χ0v) is 14.8. The van der Waals surface area contributed by atoms with Gasteiger partial charge in [0.05, 0.1) is 6.10 Å². The molecule has 0 aliphatic heterocycles. The van der Waals surface area contributed by atoms with Gasteiger partial charge in [0.2, 0.25) is 0 Å². The van der Waals surface area contributed by atoms with Crippen LogP contribution in [0.15, 0.2) is 29.4 Å². The quantitative estimate of drug-likeness (QED) is 0.824. The Hall–Kier alpha value is -1.84. The molecule has 0 aromatic heterocycles. The monoisotopic (exact) mass is 328 g/mol. The lowest BCUT2D eigenvalue weighted by atomic mass is 9.70. The summed E-state index contributed by atoms with van der Waals surface area (Å²) in [6.45, 7) is 3.97. The van der Waals surface area contributed by atoms with Gasteiger partial charge < -0.3 is 4.74 Å². The number of nitrogens with zero attached hydrogens (tertiary/aromatic N) is 1. The third kappa shape index (κ3) is 4.37. The van der Waals surface area contributed by atoms with Crippen molar-refractivity contribution in [2.75, 3.05) is 0 Å². The minimum absolute atomic E-state index is 0.131. The molecule has 0 saturated heterocycles. The molecule has 1 aromatic rings. The van der Waals surface area contributed by atoms with Crippen molar-refractivity contribution in [1.82, 2.24) is 5.43 Å². The fraction of sp³-hybridized carbons (Fsp3) is 0.600. The first kappa shape index (κ1) is 17.0. The number of hydrazone groups is 1. The van der Waals surface area contributed by atoms with Gasteiger partial charge in [-0.05, 0) is 75.6 Å². The molecule has 0 heterocycles. The van der Waals surface area contributed by atoms with Crippen LogP contribution in [0, 0.1) is 11.8 Å². The van der Waals surface area contributed by atoms with Crippen molar-refractivity contribution in [1.29, 1.82) is 0 Å². The van der Waals surface area contributed by atoms with Gasteiger partial charge in [-0.25, -0.2) is 5.43 Å². The number of benzene rings is 1. The van der Waals surface area contributed by atoms with Crippen LogP contribution in [0.5, 0.6) is 5.75 Å². The number of hydrogen-bond donors (Lipinski definition) is 1. The Morgan fingerprint density at radius 3 is 2.54 bits per heavy atom. The maximum Gasteiger partial charge on any atom is 0.271 e. The molecule has 0 unspecified atom stereocenters. The topological polar surface area (TPSA) is 50.7 Å². The molecule has 0 spiro atoms. The lowest BCUT2D eigenvalue weighted by Gasteiger charge is -2.35. The predicted octanol–water partition coefficient (Wildman–Crippen LogP) is 4.55. The summed E-state index contributed by atoms with van der Waals surface area (Å²) in [6.07, 6.45) is 8.91. The molecule has 2 aliphatic rings. The van der Waals surface area contributed by atoms with E-state index in [1.807, 2.05) is 26.0 Å². The van der Waals surface area contributed by atoms with Crippen molar-refractivity contribution in [3.8, 4) is 5.75 Å². The van der Waals surface area contributed by atoms with Gasteiger partial charge in [0, 0.05) is 11.3 Å². The number of hydrogen-bond acceptors (Lipinski definition) is 3. The fourth-order valence-electron chi connectivity index (χ4n) is 3.94. The van der Waals surface area contributed by atoms with Crippen molar-refractivity contribution in [3.63, 3.8) is 0 Å². The molecular weight excluding hydrogens is 300 g/mol. The summed E-state index contributed by atoms with van der Waals surface area (Å²) in [7, 11) is 0. The molecule has 4 nitrogen and oxygen atoms in total. The van der Waals surface area contributed by atoms with E-state index in [4.69, 9.17) is 4.74 Å². The molecule has 2 fully saturated rings. The first-order valence-corrected chi connectivity index (χ1v) is 9.24. The highest BCUT2D eigenvalue weighted by atomic mass is 16.5. The van der Waals surface area contributed by atoms with Gasteiger partial charge in [-0.15, -0.1) is 0 Å². The Morgan fingerprint density at radius 1 is 1.12 bits per heavy atom. The van der Waals surface area contributed by atoms with Crippen molar-refractivity contribution in [3.05, 3.63) is 29.8 Å². The number of carbonyl (C=O) groups is 1. The second-order valence-corrected chi connectivity index (χ2v) is 7.36. The molecule has 24 heavy (non-hydrogen) atoms. The smallest absolute Gasteiger partial charge is 0.271 e. The Bertz CT molecular complexity index is 592. The second kappa shape index (κ2) is 7.82. The molecule has 1 N–H and O–H groups in total. The summed E-state index contributed by atoms with van der Waals surface area (Å²) in [5, 5.41) is 4.41. The maximum atomic E-state index is 12.2. The van der Waals surface area contributed by atoms with Gasteiger partial charge in [-0.1, -0.05) is 19.3 Å². The van der Waals surface area contributed by atoms with E-state index >= 15 is 0 Å². The van der Waals surface area contributed by atoms with Crippen molar-refractivity contribution in [2.45, 2.75) is 64.9 Å². The molecule has 2 atom stereocenters. The predicted molar refractivity (Wildman–Crippen MR) is 96.4 cm³/mol. The van der Waals surface area contributed by atoms with Crippen molar-refractivity contribution in [2.24, 2.45) is 16.9 Å². The molecule has 2 aliphatic carbocycles. The van der Waals surface area contributed by atoms with E-state index < -0.39 is 0 Å². The van der Waals surface area contributed by atoms with E-state index in [1.54, 1.807) is 12.1 Å². The van der Waals surface area contributed by atoms with E-state index in [2.05, 4.69) is 10.5 Å². The van der Waals surface area contributed by atoms with Gasteiger partial charge >= 0.3 is 0 Å². The molecule has 3 rings (SSSR count). The average molecular weight is 328 g/mol. The number of rotatable bonds is 4. The third-order valence-electron chi connectivity index (χ3n) is 5.17. The Labute approximate surface area is 144 Å². The number of fused-ring (bicyclic) bond motifs is 1. The highest BCUT2D eigenvalue weighted by molar-refractivity contribution is 5.95. The highest BCUT2D eigenvalue weighted by Crippen LogP contribution is 2.39. The van der Waals surface area contributed by atoms with Crippen LogP contribution in [0.1, 0.15) is 69.2 Å². The first-order chi connectivity index (χ1) is 11.6. The SMILES string of the molecule is CC(C)Oc1ccc(C(=O)N/N=C2/CC[C@@H]3CCCC[C@H]3C2)cc1. The van der Waals surface area contributed by atoms with E-state index in [0.29, 0.717) is 5.56 Å². The molecular formula is C20H28N2O2. The van der Waals surface area contributed by atoms with Crippen LogP contribution in [-0.2, 0) is 0 Å². The third-order valence-corrected chi connectivity index (χ3v) is 5.17. The second-order valence-electron chi connectivity index (χ2n) is 7.36. The summed E-state index contributed by atoms with van der Waals surface area (Å²) in [6, 6.07) is 7.22. The van der Waals surface area contributed by atoms with Crippen LogP contribution in [0.3, 0.4) is 0 Å². The van der Waals surface area contributed by atoms with Crippen LogP contribution < -0.4 is 10.2 Å². The van der Waals surface area contributed by atoms with Crippen molar-refractivity contribution >= 4 is 11.6 Å². The van der Waals surface area contributed by atoms with Crippen LogP contribution in [-0.4, -0.2) is 17.7 Å². The van der Waals surface area contributed by atoms with Crippen molar-refractivity contribution < 1.29 is 9.53 Å². The van der Waals surface area contributed by atoms with Crippen LogP contribution in [0.25, 0.3) is 0 Å². The lowest BCUT2D eigenvalue weighted by Crippen LogP contribution is -2.29. The molecule has 4 heteroatoms. The molecule has 1 aromatic carbocycles. The van der Waals surface area contributed by atoms with Gasteiger partial charge in [-0.2, -0.15) is 5.10 Å². The molecule has 0 radical (unpaired) electrons. The molecule has 1 amide bonds. The standard InChI is InChI=1S/C20H28N2O2/c1-14(2)24-19-11-8-16(9-12-19)20(23)22-21-18-10-7-15-5-3-4-6-17(15)13-18/h8-9,11-12,14-15,17H,3-7,10,13H2,1-2H3,(H,22,23)/b21-18-/t15-,17-/m0/s1. The largest absolute Gasteiger partial charge is 0.491 e. The summed E-state index contributed by atoms with van der Waals surface area (Å²) >= 11 is 0. The minimum Gasteiger partial charge on any atom is -0.491 e. The van der Waals surface area contributed by atoms with Crippen LogP contribution in [0.2, 0.25) is 0 Å². The number of carbonyl (C=O) groups excluding carboxylic acids is 1. The normalized spacial score (nSPS) is 25.4. The van der Waals surface area contributed by atoms with Crippen LogP contribution in [0.4, 0.5) is 0 Å². The van der Waals surface area contributed by atoms with Gasteiger partial charge in [0.15, 0.2) is 0 Å². The number of ether oxygens (including phenoxy) is 1. The molecule has 2 saturated carbocycles. The summed E-state index contributed by atoms with van der Waals surface area (Å²) in [4.78, 5) is 12.2. The maximum absolute atomic E-state index is 12.2. The zero-order valence-electron chi connectivity index (χ0n) is 14.8. The fourth-order valence-corrected chi connectivity index (χ4v) is 3.94. The summed E-state index contributed by atoms with van der Waals surface area (Å²) < 4.78 is 5.60. The van der Waals surface area contributed by atoms with E-state index in [1.165, 1.54) is 32.1 Å². The van der Waals surface area contributed by atoms with E-state index in [-0.39, 0.29) is 12.0 Å². The molecule has 0 bridgehead atoms. The highest BCUT2D eigenvalue weighted by Gasteiger charge is 2.30. The number of nitrogens with one attached hydrogen (secondary N) is 1. The Morgan fingerprint density at radius 2 is 1.83 bits per heavy atom. The lowest BCUT2D eigenvalue weighted by molar-refractivity contribution is 0.0954. The van der Waals surface area contributed by atoms with Gasteiger partial charge in [0.1, 0.15) is 5.75 Å². The van der Waals surface area contributed by atoms with Crippen LogP contribution >= 0.6 is 0 Å². The Balaban J connectivity index is 1.54. The summed E-state index contributed by atoms with van der Waals surface area (Å²) in [5.41, 5.74) is 4.50. The number of amides is 1. The van der Waals surface area contributed by atoms with Gasteiger partial charge in [0.25, 0.3) is 5.91 Å². The zero-order chi connectivity index (χ0) is 16.9. The van der Waals surface area contributed by atoms with E-state index in [0.717, 1.165) is 36.1 Å². The summed E-state index contributed by atoms with van der Waals surface area (Å²) in [5.74, 6) is 2.31. The van der Waals surface area contributed by atoms with E-state index in [9.17, 15) is 4.79 Å². The molecule has 130 valence electrons.